The summed E-state index contributed by atoms with van der Waals surface area (Å²) >= 11 is 1.70. The van der Waals surface area contributed by atoms with E-state index in [2.05, 4.69) is 20.6 Å². The van der Waals surface area contributed by atoms with Gasteiger partial charge in [0.1, 0.15) is 12.4 Å². The molecule has 0 saturated carbocycles. The van der Waals surface area contributed by atoms with E-state index in [9.17, 15) is 8.78 Å². The number of rotatable bonds is 7. The molecule has 0 aliphatic carbocycles. The van der Waals surface area contributed by atoms with Crippen LogP contribution in [0.2, 0.25) is 0 Å². The number of aliphatic imine (C=N–C) groups is 1. The summed E-state index contributed by atoms with van der Waals surface area (Å²) in [5.41, 5.74) is 1.07. The zero-order chi connectivity index (χ0) is 18.2. The van der Waals surface area contributed by atoms with E-state index in [1.54, 1.807) is 18.4 Å². The Morgan fingerprint density at radius 1 is 1.23 bits per heavy atom. The number of hydrogen-bond acceptors (Lipinski definition) is 4. The summed E-state index contributed by atoms with van der Waals surface area (Å²) in [6, 6.07) is 3.24. The van der Waals surface area contributed by atoms with Gasteiger partial charge in [0.2, 0.25) is 0 Å². The van der Waals surface area contributed by atoms with Gasteiger partial charge in [-0.25, -0.2) is 13.8 Å². The molecule has 9 heteroatoms. The second kappa shape index (κ2) is 11.3. The van der Waals surface area contributed by atoms with Crippen molar-refractivity contribution < 1.29 is 13.5 Å². The highest BCUT2D eigenvalue weighted by Crippen LogP contribution is 2.17. The number of hydrogen-bond donors (Lipinski definition) is 2. The minimum absolute atomic E-state index is 0. The van der Waals surface area contributed by atoms with Gasteiger partial charge < -0.3 is 15.4 Å². The lowest BCUT2D eigenvalue weighted by atomic mass is 10.3. The Labute approximate surface area is 173 Å². The fourth-order valence-corrected chi connectivity index (χ4v) is 3.18. The van der Waals surface area contributed by atoms with Gasteiger partial charge in [0.25, 0.3) is 0 Å². The van der Waals surface area contributed by atoms with Crippen molar-refractivity contribution in [2.24, 2.45) is 4.99 Å². The molecule has 0 amide bonds. The summed E-state index contributed by atoms with van der Waals surface area (Å²) in [7, 11) is 1.68. The molecule has 0 fully saturated rings. The van der Waals surface area contributed by atoms with E-state index in [1.807, 2.05) is 13.8 Å². The summed E-state index contributed by atoms with van der Waals surface area (Å²) < 4.78 is 31.5. The van der Waals surface area contributed by atoms with Gasteiger partial charge in [0.15, 0.2) is 17.5 Å². The van der Waals surface area contributed by atoms with Crippen molar-refractivity contribution in [1.82, 2.24) is 15.6 Å². The van der Waals surface area contributed by atoms with Gasteiger partial charge in [-0.3, -0.25) is 4.99 Å². The topological polar surface area (TPSA) is 58.5 Å². The molecule has 0 spiro atoms. The van der Waals surface area contributed by atoms with Gasteiger partial charge in [-0.1, -0.05) is 0 Å². The Bertz CT molecular complexity index is 740. The Morgan fingerprint density at radius 3 is 2.58 bits per heavy atom. The fraction of sp³-hybridized carbons (Fsp3) is 0.412. The third-order valence-corrected chi connectivity index (χ3v) is 4.55. The van der Waals surface area contributed by atoms with E-state index in [4.69, 9.17) is 4.74 Å². The van der Waals surface area contributed by atoms with E-state index in [0.29, 0.717) is 12.5 Å². The van der Waals surface area contributed by atoms with Gasteiger partial charge in [-0.2, -0.15) is 0 Å². The molecule has 0 saturated heterocycles. The number of aryl methyl sites for hydroxylation is 2. The van der Waals surface area contributed by atoms with Gasteiger partial charge >= 0.3 is 0 Å². The maximum atomic E-state index is 13.4. The smallest absolute Gasteiger partial charge is 0.191 e. The SMILES string of the molecule is CN=C(NCCOc1ccc(F)cc1F)NCCc1sc(C)nc1C.I. The number of benzene rings is 1. The molecule has 0 atom stereocenters. The highest BCUT2D eigenvalue weighted by molar-refractivity contribution is 14.0. The number of nitrogens with one attached hydrogen (secondary N) is 2. The van der Waals surface area contributed by atoms with Crippen LogP contribution in [-0.2, 0) is 6.42 Å². The Hall–Kier alpha value is -1.49. The van der Waals surface area contributed by atoms with Crippen LogP contribution in [-0.4, -0.2) is 37.7 Å². The molecule has 1 aromatic heterocycles. The Balaban J connectivity index is 0.00000338. The first-order valence-corrected chi connectivity index (χ1v) is 8.76. The quantitative estimate of drug-likeness (QED) is 0.267. The van der Waals surface area contributed by atoms with Crippen LogP contribution >= 0.6 is 35.3 Å². The molecule has 5 nitrogen and oxygen atoms in total. The van der Waals surface area contributed by atoms with Crippen molar-refractivity contribution in [3.05, 3.63) is 45.4 Å². The lowest BCUT2D eigenvalue weighted by molar-refractivity contribution is 0.304. The van der Waals surface area contributed by atoms with Gasteiger partial charge in [-0.15, -0.1) is 35.3 Å². The average Bonchev–Trinajstić information content (AvgIpc) is 2.89. The third kappa shape index (κ3) is 7.02. The molecule has 0 bridgehead atoms. The summed E-state index contributed by atoms with van der Waals surface area (Å²) in [5, 5.41) is 7.36. The summed E-state index contributed by atoms with van der Waals surface area (Å²) in [6.07, 6.45) is 0.870. The van der Waals surface area contributed by atoms with Crippen LogP contribution in [0, 0.1) is 25.5 Å². The van der Waals surface area contributed by atoms with E-state index in [0.717, 1.165) is 35.8 Å². The maximum Gasteiger partial charge on any atom is 0.191 e. The molecule has 0 unspecified atom stereocenters. The number of nitrogens with zero attached hydrogens (tertiary/aromatic N) is 2. The zero-order valence-corrected chi connectivity index (χ0v) is 18.1. The second-order valence-electron chi connectivity index (χ2n) is 5.34. The summed E-state index contributed by atoms with van der Waals surface area (Å²) in [6.45, 7) is 5.41. The summed E-state index contributed by atoms with van der Waals surface area (Å²) in [5.74, 6) is -0.666. The highest BCUT2D eigenvalue weighted by Gasteiger charge is 2.06. The standard InChI is InChI=1S/C17H22F2N4OS.HI/c1-11-16(25-12(2)23-11)6-7-21-17(20-3)22-8-9-24-15-5-4-13(18)10-14(15)19;/h4-5,10H,6-9H2,1-3H3,(H2,20,21,22);1H. The van der Waals surface area contributed by atoms with E-state index >= 15 is 0 Å². The van der Waals surface area contributed by atoms with E-state index < -0.39 is 11.6 Å². The first-order chi connectivity index (χ1) is 12.0. The number of guanidine groups is 1. The first kappa shape index (κ1) is 22.6. The maximum absolute atomic E-state index is 13.4. The fourth-order valence-electron chi connectivity index (χ4n) is 2.24. The number of aromatic nitrogens is 1. The van der Waals surface area contributed by atoms with Gasteiger partial charge in [0.05, 0.1) is 17.2 Å². The van der Waals surface area contributed by atoms with Crippen molar-refractivity contribution in [3.8, 4) is 5.75 Å². The largest absolute Gasteiger partial charge is 0.489 e. The van der Waals surface area contributed by atoms with Crippen LogP contribution < -0.4 is 15.4 Å². The molecule has 0 radical (unpaired) electrons. The average molecular weight is 496 g/mol. The van der Waals surface area contributed by atoms with Crippen LogP contribution in [0.25, 0.3) is 0 Å². The number of halogens is 3. The van der Waals surface area contributed by atoms with Crippen LogP contribution in [0.1, 0.15) is 15.6 Å². The van der Waals surface area contributed by atoms with Gasteiger partial charge in [0, 0.05) is 31.0 Å². The molecule has 1 aromatic carbocycles. The van der Waals surface area contributed by atoms with Crippen molar-refractivity contribution in [2.45, 2.75) is 20.3 Å². The molecular formula is C17H23F2IN4OS. The Morgan fingerprint density at radius 2 is 1.96 bits per heavy atom. The third-order valence-electron chi connectivity index (χ3n) is 3.41. The molecular weight excluding hydrogens is 473 g/mol. The molecule has 0 aliphatic heterocycles. The molecule has 2 rings (SSSR count). The second-order valence-corrected chi connectivity index (χ2v) is 6.63. The normalized spacial score (nSPS) is 11.0. The molecule has 0 aliphatic rings. The van der Waals surface area contributed by atoms with Crippen LogP contribution in [0.5, 0.6) is 5.75 Å². The predicted octanol–water partition coefficient (Wildman–Crippen LogP) is 3.44. The summed E-state index contributed by atoms with van der Waals surface area (Å²) in [4.78, 5) is 9.79. The molecule has 2 aromatic rings. The highest BCUT2D eigenvalue weighted by atomic mass is 127. The van der Waals surface area contributed by atoms with Crippen molar-refractivity contribution in [1.29, 1.82) is 0 Å². The van der Waals surface area contributed by atoms with Crippen LogP contribution in [0.15, 0.2) is 23.2 Å². The van der Waals surface area contributed by atoms with Crippen molar-refractivity contribution in [2.75, 3.05) is 26.7 Å². The zero-order valence-electron chi connectivity index (χ0n) is 14.9. The first-order valence-electron chi connectivity index (χ1n) is 7.95. The van der Waals surface area contributed by atoms with Crippen molar-refractivity contribution in [3.63, 3.8) is 0 Å². The van der Waals surface area contributed by atoms with Crippen molar-refractivity contribution >= 4 is 41.3 Å². The Kier molecular flexibility index (Phi) is 9.78. The minimum Gasteiger partial charge on any atom is -0.489 e. The molecule has 144 valence electrons. The van der Waals surface area contributed by atoms with Crippen LogP contribution in [0.3, 0.4) is 0 Å². The molecule has 1 heterocycles. The number of thiazole rings is 1. The number of ether oxygens (including phenoxy) is 1. The van der Waals surface area contributed by atoms with E-state index in [1.165, 1.54) is 10.9 Å². The lowest BCUT2D eigenvalue weighted by Crippen LogP contribution is -2.40. The monoisotopic (exact) mass is 496 g/mol. The molecule has 2 N–H and O–H groups in total. The lowest BCUT2D eigenvalue weighted by Gasteiger charge is -2.12. The van der Waals surface area contributed by atoms with Gasteiger partial charge in [-0.05, 0) is 26.0 Å². The minimum atomic E-state index is -0.710. The predicted molar refractivity (Wildman–Crippen MR) is 112 cm³/mol. The molecule has 26 heavy (non-hydrogen) atoms. The van der Waals surface area contributed by atoms with Crippen LogP contribution in [0.4, 0.5) is 8.78 Å². The van der Waals surface area contributed by atoms with E-state index in [-0.39, 0.29) is 36.3 Å².